The molecule has 2 aromatic heterocycles. The highest BCUT2D eigenvalue weighted by atomic mass is 28.4. The lowest BCUT2D eigenvalue weighted by molar-refractivity contribution is -0.384. The minimum atomic E-state index is -1.94. The van der Waals surface area contributed by atoms with Gasteiger partial charge in [0.15, 0.2) is 14.1 Å². The molecule has 1 aromatic carbocycles. The number of hydrogen-bond donors (Lipinski definition) is 1. The smallest absolute Gasteiger partial charge is 0.270 e. The zero-order valence-corrected chi connectivity index (χ0v) is 21.6. The highest BCUT2D eigenvalue weighted by Crippen LogP contribution is 2.37. The van der Waals surface area contributed by atoms with E-state index in [1.807, 2.05) is 11.5 Å². The summed E-state index contributed by atoms with van der Waals surface area (Å²) >= 11 is 0. The van der Waals surface area contributed by atoms with Crippen LogP contribution in [0.15, 0.2) is 42.7 Å². The number of anilines is 1. The van der Waals surface area contributed by atoms with Gasteiger partial charge in [0, 0.05) is 12.1 Å². The fourth-order valence-corrected chi connectivity index (χ4v) is 4.08. The van der Waals surface area contributed by atoms with Gasteiger partial charge in [0.25, 0.3) is 11.6 Å². The van der Waals surface area contributed by atoms with Crippen LogP contribution in [0.25, 0.3) is 11.5 Å². The summed E-state index contributed by atoms with van der Waals surface area (Å²) in [6.45, 7) is 13.4. The van der Waals surface area contributed by atoms with Gasteiger partial charge < -0.3 is 14.3 Å². The van der Waals surface area contributed by atoms with Crippen LogP contribution >= 0.6 is 0 Å². The maximum atomic E-state index is 14.1. The SMILES string of the molecule is C[C@H](CO[Si](C)(C)C(C)(C)C)n1cnnc1-c1cccc(NC(=O)c2cc([N+](=O)[O-])ccc2F)n1. The zero-order valence-electron chi connectivity index (χ0n) is 20.6. The van der Waals surface area contributed by atoms with Gasteiger partial charge in [-0.05, 0) is 43.3 Å². The minimum absolute atomic E-state index is 0.0758. The molecular weight excluding hydrogens is 471 g/mol. The van der Waals surface area contributed by atoms with Crippen LogP contribution in [0.1, 0.15) is 44.1 Å². The molecule has 0 aliphatic carbocycles. The number of carbonyl (C=O) groups excluding carboxylic acids is 1. The first kappa shape index (κ1) is 26.1. The Labute approximate surface area is 203 Å². The second-order valence-corrected chi connectivity index (χ2v) is 14.6. The summed E-state index contributed by atoms with van der Waals surface area (Å²) in [5.41, 5.74) is -0.398. The largest absolute Gasteiger partial charge is 0.415 e. The molecule has 0 bridgehead atoms. The van der Waals surface area contributed by atoms with Crippen molar-refractivity contribution in [3.8, 4) is 11.5 Å². The summed E-state index contributed by atoms with van der Waals surface area (Å²) in [5, 5.41) is 21.7. The van der Waals surface area contributed by atoms with Crippen molar-refractivity contribution in [2.24, 2.45) is 0 Å². The Kier molecular flexibility index (Phi) is 7.46. The number of nitro groups is 1. The van der Waals surface area contributed by atoms with Crippen molar-refractivity contribution >= 4 is 25.7 Å². The fourth-order valence-electron chi connectivity index (χ4n) is 2.99. The molecule has 3 rings (SSSR count). The van der Waals surface area contributed by atoms with Crippen LogP contribution in [0.4, 0.5) is 15.9 Å². The monoisotopic (exact) mass is 500 g/mol. The molecule has 0 fully saturated rings. The Morgan fingerprint density at radius 2 is 2.00 bits per heavy atom. The maximum absolute atomic E-state index is 14.1. The van der Waals surface area contributed by atoms with Gasteiger partial charge >= 0.3 is 0 Å². The molecule has 3 aromatic rings. The predicted octanol–water partition coefficient (Wildman–Crippen LogP) is 5.22. The van der Waals surface area contributed by atoms with Gasteiger partial charge in [0.05, 0.1) is 23.1 Å². The standard InChI is InChI=1S/C23H29FN6O4Si/c1-15(13-34-35(5,6)23(2,3)4)29-14-25-28-21(29)19-8-7-9-20(26-19)27-22(31)17-12-16(30(32)33)10-11-18(17)24/h7-12,14-15H,13H2,1-6H3,(H,26,27,31)/t15-/m1/s1. The Bertz CT molecular complexity index is 1240. The summed E-state index contributed by atoms with van der Waals surface area (Å²) in [4.78, 5) is 27.3. The predicted molar refractivity (Wildman–Crippen MR) is 132 cm³/mol. The Hall–Kier alpha value is -3.51. The second-order valence-electron chi connectivity index (χ2n) is 9.77. The van der Waals surface area contributed by atoms with Crippen molar-refractivity contribution in [1.29, 1.82) is 0 Å². The molecule has 0 radical (unpaired) electrons. The quantitative estimate of drug-likeness (QED) is 0.255. The number of nitrogens with one attached hydrogen (secondary N) is 1. The van der Waals surface area contributed by atoms with Crippen LogP contribution < -0.4 is 5.32 Å². The van der Waals surface area contributed by atoms with Crippen LogP contribution in [-0.4, -0.2) is 45.5 Å². The molecule has 0 saturated heterocycles. The highest BCUT2D eigenvalue weighted by Gasteiger charge is 2.37. The average molecular weight is 501 g/mol. The number of nitrogens with zero attached hydrogens (tertiary/aromatic N) is 5. The molecule has 1 N–H and O–H groups in total. The van der Waals surface area contributed by atoms with Crippen molar-refractivity contribution in [3.05, 3.63) is 64.2 Å². The average Bonchev–Trinajstić information content (AvgIpc) is 3.27. The van der Waals surface area contributed by atoms with E-state index in [9.17, 15) is 19.3 Å². The van der Waals surface area contributed by atoms with E-state index in [1.165, 1.54) is 6.07 Å². The van der Waals surface area contributed by atoms with Gasteiger partial charge in [-0.2, -0.15) is 0 Å². The molecule has 2 heterocycles. The van der Waals surface area contributed by atoms with Crippen LogP contribution in [0.5, 0.6) is 0 Å². The Morgan fingerprint density at radius 1 is 1.29 bits per heavy atom. The van der Waals surface area contributed by atoms with Gasteiger partial charge in [-0.25, -0.2) is 9.37 Å². The van der Waals surface area contributed by atoms with Crippen molar-refractivity contribution in [2.45, 2.75) is 51.9 Å². The molecule has 12 heteroatoms. The second kappa shape index (κ2) is 10.00. The maximum Gasteiger partial charge on any atom is 0.270 e. The molecule has 1 atom stereocenters. The van der Waals surface area contributed by atoms with Crippen LogP contribution in [0.2, 0.25) is 18.1 Å². The number of amides is 1. The minimum Gasteiger partial charge on any atom is -0.415 e. The molecule has 0 aliphatic rings. The first-order valence-electron chi connectivity index (χ1n) is 11.1. The molecule has 35 heavy (non-hydrogen) atoms. The number of pyridine rings is 1. The van der Waals surface area contributed by atoms with Gasteiger partial charge in [-0.15, -0.1) is 10.2 Å². The van der Waals surface area contributed by atoms with Gasteiger partial charge in [0.1, 0.15) is 23.7 Å². The lowest BCUT2D eigenvalue weighted by Gasteiger charge is -2.37. The number of carbonyl (C=O) groups is 1. The first-order chi connectivity index (χ1) is 16.3. The lowest BCUT2D eigenvalue weighted by atomic mass is 10.1. The van der Waals surface area contributed by atoms with E-state index in [-0.39, 0.29) is 22.6 Å². The van der Waals surface area contributed by atoms with Gasteiger partial charge in [-0.3, -0.25) is 14.9 Å². The topological polar surface area (TPSA) is 125 Å². The van der Waals surface area contributed by atoms with Crippen molar-refractivity contribution in [1.82, 2.24) is 19.7 Å². The third-order valence-corrected chi connectivity index (χ3v) is 10.7. The normalized spacial score (nSPS) is 12.9. The molecule has 0 aliphatic heterocycles. The molecule has 0 saturated carbocycles. The van der Waals surface area contributed by atoms with Gasteiger partial charge in [-0.1, -0.05) is 26.8 Å². The third kappa shape index (κ3) is 5.95. The summed E-state index contributed by atoms with van der Waals surface area (Å²) in [5.74, 6) is -1.11. The summed E-state index contributed by atoms with van der Waals surface area (Å²) in [6, 6.07) is 7.59. The van der Waals surface area contributed by atoms with Crippen molar-refractivity contribution in [2.75, 3.05) is 11.9 Å². The van der Waals surface area contributed by atoms with Crippen molar-refractivity contribution in [3.63, 3.8) is 0 Å². The van der Waals surface area contributed by atoms with E-state index in [2.05, 4.69) is 54.4 Å². The first-order valence-corrected chi connectivity index (χ1v) is 14.0. The fraction of sp³-hybridized carbons (Fsp3) is 0.391. The number of nitro benzene ring substituents is 1. The number of hydrogen-bond acceptors (Lipinski definition) is 7. The Morgan fingerprint density at radius 3 is 2.66 bits per heavy atom. The van der Waals surface area contributed by atoms with E-state index in [4.69, 9.17) is 4.43 Å². The van der Waals surface area contributed by atoms with E-state index in [1.54, 1.807) is 18.5 Å². The van der Waals surface area contributed by atoms with E-state index >= 15 is 0 Å². The summed E-state index contributed by atoms with van der Waals surface area (Å²) < 4.78 is 22.3. The molecular formula is C23H29FN6O4Si. The van der Waals surface area contributed by atoms with Crippen molar-refractivity contribution < 1.29 is 18.5 Å². The third-order valence-electron chi connectivity index (χ3n) is 6.16. The molecule has 0 unspecified atom stereocenters. The molecule has 10 nitrogen and oxygen atoms in total. The number of benzene rings is 1. The Balaban J connectivity index is 1.80. The zero-order chi connectivity index (χ0) is 26.0. The molecule has 186 valence electrons. The van der Waals surface area contributed by atoms with E-state index in [0.29, 0.717) is 18.1 Å². The van der Waals surface area contributed by atoms with Crippen LogP contribution in [0, 0.1) is 15.9 Å². The van der Waals surface area contributed by atoms with E-state index in [0.717, 1.165) is 18.2 Å². The number of rotatable bonds is 8. The van der Waals surface area contributed by atoms with Crippen LogP contribution in [-0.2, 0) is 4.43 Å². The summed E-state index contributed by atoms with van der Waals surface area (Å²) in [7, 11) is -1.94. The van der Waals surface area contributed by atoms with Gasteiger partial charge in [0.2, 0.25) is 0 Å². The number of aromatic nitrogens is 4. The molecule has 1 amide bonds. The molecule has 0 spiro atoms. The van der Waals surface area contributed by atoms with Crippen LogP contribution in [0.3, 0.4) is 0 Å². The highest BCUT2D eigenvalue weighted by molar-refractivity contribution is 6.74. The van der Waals surface area contributed by atoms with E-state index < -0.39 is 30.5 Å². The number of non-ortho nitro benzene ring substituents is 1. The number of halogens is 1. The lowest BCUT2D eigenvalue weighted by Crippen LogP contribution is -2.42. The summed E-state index contributed by atoms with van der Waals surface area (Å²) in [6.07, 6.45) is 1.60.